The number of nitrogens with zero attached hydrogens (tertiary/aromatic N) is 4. The molecule has 142 valence electrons. The maximum absolute atomic E-state index is 12.6. The van der Waals surface area contributed by atoms with E-state index in [0.717, 1.165) is 48.4 Å². The number of benzene rings is 2. The third kappa shape index (κ3) is 4.07. The van der Waals surface area contributed by atoms with E-state index in [1.54, 1.807) is 0 Å². The van der Waals surface area contributed by atoms with Crippen LogP contribution in [0.3, 0.4) is 0 Å². The standard InChI is InChI=1S/C22H22N4OS/c1-16(21(27)26-14-8-9-15-26)28-22-23-19(17-10-4-2-5-11-17)20(24-25-22)18-12-6-3-7-13-18/h2-7,10-13,16H,8-9,14-15H2,1H3. The second-order valence-electron chi connectivity index (χ2n) is 6.82. The van der Waals surface area contributed by atoms with E-state index in [2.05, 4.69) is 10.2 Å². The fourth-order valence-corrected chi connectivity index (χ4v) is 4.15. The van der Waals surface area contributed by atoms with Gasteiger partial charge in [-0.05, 0) is 19.8 Å². The number of carbonyl (C=O) groups excluding carboxylic acids is 1. The zero-order valence-corrected chi connectivity index (χ0v) is 16.6. The van der Waals surface area contributed by atoms with Gasteiger partial charge in [-0.3, -0.25) is 4.79 Å². The van der Waals surface area contributed by atoms with Crippen LogP contribution in [0.25, 0.3) is 22.5 Å². The fraction of sp³-hybridized carbons (Fsp3) is 0.273. The normalized spacial score (nSPS) is 14.8. The summed E-state index contributed by atoms with van der Waals surface area (Å²) >= 11 is 1.38. The number of aromatic nitrogens is 3. The molecular weight excluding hydrogens is 368 g/mol. The zero-order valence-electron chi connectivity index (χ0n) is 15.8. The van der Waals surface area contributed by atoms with Crippen molar-refractivity contribution in [2.75, 3.05) is 13.1 Å². The van der Waals surface area contributed by atoms with Gasteiger partial charge in [-0.2, -0.15) is 0 Å². The van der Waals surface area contributed by atoms with Crippen LogP contribution in [0.15, 0.2) is 65.8 Å². The van der Waals surface area contributed by atoms with Gasteiger partial charge in [0.25, 0.3) is 0 Å². The molecule has 5 nitrogen and oxygen atoms in total. The van der Waals surface area contributed by atoms with Gasteiger partial charge < -0.3 is 4.90 Å². The lowest BCUT2D eigenvalue weighted by Crippen LogP contribution is -2.34. The quantitative estimate of drug-likeness (QED) is 0.608. The van der Waals surface area contributed by atoms with Crippen molar-refractivity contribution in [3.05, 3.63) is 60.7 Å². The van der Waals surface area contributed by atoms with E-state index in [-0.39, 0.29) is 11.2 Å². The van der Waals surface area contributed by atoms with Crippen molar-refractivity contribution >= 4 is 17.7 Å². The molecule has 0 bridgehead atoms. The van der Waals surface area contributed by atoms with Gasteiger partial charge in [-0.15, -0.1) is 10.2 Å². The van der Waals surface area contributed by atoms with Gasteiger partial charge in [0.1, 0.15) is 11.4 Å². The van der Waals surface area contributed by atoms with Crippen molar-refractivity contribution in [3.8, 4) is 22.5 Å². The monoisotopic (exact) mass is 390 g/mol. The Kier molecular flexibility index (Phi) is 5.67. The number of hydrogen-bond acceptors (Lipinski definition) is 5. The van der Waals surface area contributed by atoms with Crippen molar-refractivity contribution in [1.82, 2.24) is 20.1 Å². The summed E-state index contributed by atoms with van der Waals surface area (Å²) < 4.78 is 0. The smallest absolute Gasteiger partial charge is 0.235 e. The number of hydrogen-bond donors (Lipinski definition) is 0. The molecule has 4 rings (SSSR count). The van der Waals surface area contributed by atoms with E-state index < -0.39 is 0 Å². The Hall–Kier alpha value is -2.73. The molecule has 1 saturated heterocycles. The summed E-state index contributed by atoms with van der Waals surface area (Å²) in [6.07, 6.45) is 2.18. The molecule has 1 unspecified atom stereocenters. The van der Waals surface area contributed by atoms with Crippen LogP contribution in [0.4, 0.5) is 0 Å². The molecule has 1 aromatic heterocycles. The van der Waals surface area contributed by atoms with E-state index in [9.17, 15) is 4.79 Å². The van der Waals surface area contributed by atoms with E-state index in [1.165, 1.54) is 11.8 Å². The summed E-state index contributed by atoms with van der Waals surface area (Å²) in [4.78, 5) is 19.3. The predicted octanol–water partition coefficient (Wildman–Crippen LogP) is 4.31. The topological polar surface area (TPSA) is 59.0 Å². The lowest BCUT2D eigenvalue weighted by atomic mass is 10.0. The van der Waals surface area contributed by atoms with Crippen LogP contribution < -0.4 is 0 Å². The van der Waals surface area contributed by atoms with Crippen molar-refractivity contribution < 1.29 is 4.79 Å². The molecular formula is C22H22N4OS. The minimum Gasteiger partial charge on any atom is -0.342 e. The fourth-order valence-electron chi connectivity index (χ4n) is 3.35. The van der Waals surface area contributed by atoms with Crippen LogP contribution in [0.5, 0.6) is 0 Å². The SMILES string of the molecule is CC(Sc1nnc(-c2ccccc2)c(-c2ccccc2)n1)C(=O)N1CCCC1. The minimum absolute atomic E-state index is 0.152. The minimum atomic E-state index is -0.230. The van der Waals surface area contributed by atoms with E-state index in [1.807, 2.05) is 72.5 Å². The second kappa shape index (κ2) is 8.52. The molecule has 0 radical (unpaired) electrons. The highest BCUT2D eigenvalue weighted by Gasteiger charge is 2.25. The Morgan fingerprint density at radius 3 is 2.07 bits per heavy atom. The number of rotatable bonds is 5. The van der Waals surface area contributed by atoms with E-state index in [4.69, 9.17) is 4.98 Å². The lowest BCUT2D eigenvalue weighted by molar-refractivity contribution is -0.129. The van der Waals surface area contributed by atoms with Crippen LogP contribution >= 0.6 is 11.8 Å². The van der Waals surface area contributed by atoms with Crippen molar-refractivity contribution in [2.24, 2.45) is 0 Å². The lowest BCUT2D eigenvalue weighted by Gasteiger charge is -2.19. The Morgan fingerprint density at radius 2 is 1.46 bits per heavy atom. The first-order valence-corrected chi connectivity index (χ1v) is 10.4. The number of likely N-dealkylation sites (tertiary alicyclic amines) is 1. The highest BCUT2D eigenvalue weighted by Crippen LogP contribution is 2.31. The molecule has 1 aliphatic heterocycles. The Bertz CT molecular complexity index is 943. The molecule has 0 saturated carbocycles. The molecule has 1 amide bonds. The highest BCUT2D eigenvalue weighted by molar-refractivity contribution is 8.00. The van der Waals surface area contributed by atoms with Crippen LogP contribution in [-0.4, -0.2) is 44.3 Å². The molecule has 2 aromatic carbocycles. The number of thioether (sulfide) groups is 1. The number of amides is 1. The summed E-state index contributed by atoms with van der Waals surface area (Å²) in [5, 5.41) is 9.09. The van der Waals surface area contributed by atoms with Crippen LogP contribution in [0.1, 0.15) is 19.8 Å². The van der Waals surface area contributed by atoms with Crippen molar-refractivity contribution in [3.63, 3.8) is 0 Å². The van der Waals surface area contributed by atoms with Gasteiger partial charge in [-0.1, -0.05) is 72.4 Å². The van der Waals surface area contributed by atoms with Crippen molar-refractivity contribution in [2.45, 2.75) is 30.2 Å². The van der Waals surface area contributed by atoms with Crippen molar-refractivity contribution in [1.29, 1.82) is 0 Å². The average molecular weight is 391 g/mol. The Morgan fingerprint density at radius 1 is 0.893 bits per heavy atom. The summed E-state index contributed by atoms with van der Waals surface area (Å²) in [7, 11) is 0. The Labute approximate surface area is 169 Å². The first-order chi connectivity index (χ1) is 13.7. The molecule has 6 heteroatoms. The first kappa shape index (κ1) is 18.6. The molecule has 0 N–H and O–H groups in total. The summed E-state index contributed by atoms with van der Waals surface area (Å²) in [6, 6.07) is 19.9. The summed E-state index contributed by atoms with van der Waals surface area (Å²) in [5.74, 6) is 0.152. The van der Waals surface area contributed by atoms with Crippen LogP contribution in [0, 0.1) is 0 Å². The van der Waals surface area contributed by atoms with E-state index >= 15 is 0 Å². The molecule has 1 atom stereocenters. The van der Waals surface area contributed by atoms with Crippen LogP contribution in [0.2, 0.25) is 0 Å². The first-order valence-electron chi connectivity index (χ1n) is 9.53. The van der Waals surface area contributed by atoms with Gasteiger partial charge in [-0.25, -0.2) is 4.98 Å². The second-order valence-corrected chi connectivity index (χ2v) is 8.12. The maximum atomic E-state index is 12.6. The molecule has 0 aliphatic carbocycles. The van der Waals surface area contributed by atoms with Gasteiger partial charge in [0, 0.05) is 24.2 Å². The van der Waals surface area contributed by atoms with Gasteiger partial charge >= 0.3 is 0 Å². The number of carbonyl (C=O) groups is 1. The zero-order chi connectivity index (χ0) is 19.3. The highest BCUT2D eigenvalue weighted by atomic mass is 32.2. The molecule has 1 aliphatic rings. The largest absolute Gasteiger partial charge is 0.342 e. The molecule has 2 heterocycles. The predicted molar refractivity (Wildman–Crippen MR) is 112 cm³/mol. The molecule has 28 heavy (non-hydrogen) atoms. The van der Waals surface area contributed by atoms with E-state index in [0.29, 0.717) is 5.16 Å². The van der Waals surface area contributed by atoms with Gasteiger partial charge in [0.2, 0.25) is 11.1 Å². The summed E-state index contributed by atoms with van der Waals surface area (Å²) in [6.45, 7) is 3.62. The Balaban J connectivity index is 1.65. The molecule has 1 fully saturated rings. The molecule has 0 spiro atoms. The third-order valence-corrected chi connectivity index (χ3v) is 5.75. The average Bonchev–Trinajstić information content (AvgIpc) is 3.29. The summed E-state index contributed by atoms with van der Waals surface area (Å²) in [5.41, 5.74) is 3.48. The van der Waals surface area contributed by atoms with Gasteiger partial charge in [0.05, 0.1) is 5.25 Å². The van der Waals surface area contributed by atoms with Crippen LogP contribution in [-0.2, 0) is 4.79 Å². The molecule has 3 aromatic rings. The van der Waals surface area contributed by atoms with Gasteiger partial charge in [0.15, 0.2) is 0 Å². The third-order valence-electron chi connectivity index (χ3n) is 4.81. The maximum Gasteiger partial charge on any atom is 0.235 e.